The third kappa shape index (κ3) is 4.93. The van der Waals surface area contributed by atoms with Gasteiger partial charge in [-0.2, -0.15) is 0 Å². The Morgan fingerprint density at radius 2 is 2.21 bits per heavy atom. The van der Waals surface area contributed by atoms with Gasteiger partial charge in [-0.15, -0.1) is 0 Å². The van der Waals surface area contributed by atoms with Crippen LogP contribution in [0, 0.1) is 6.92 Å². The van der Waals surface area contributed by atoms with Crippen LogP contribution in [-0.4, -0.2) is 42.5 Å². The number of ether oxygens (including phenoxy) is 2. The summed E-state index contributed by atoms with van der Waals surface area (Å²) < 4.78 is 12.7. The van der Waals surface area contributed by atoms with Crippen LogP contribution in [0.3, 0.4) is 0 Å². The van der Waals surface area contributed by atoms with Gasteiger partial charge in [0, 0.05) is 39.0 Å². The summed E-state index contributed by atoms with van der Waals surface area (Å²) in [6.07, 6.45) is 5.63. The Kier molecular flexibility index (Phi) is 5.82. The number of hydrogen-bond acceptors (Lipinski definition) is 4. The normalized spacial score (nSPS) is 15.1. The molecule has 1 aliphatic rings. The number of imidazole rings is 1. The van der Waals surface area contributed by atoms with Crippen molar-refractivity contribution in [2.45, 2.75) is 45.3 Å². The lowest BCUT2D eigenvalue weighted by molar-refractivity contribution is 0.0679. The number of nitrogens with one attached hydrogen (secondary N) is 1. The second kappa shape index (κ2) is 7.62. The number of rotatable bonds is 10. The first-order chi connectivity index (χ1) is 9.31. The van der Waals surface area contributed by atoms with E-state index in [-0.39, 0.29) is 0 Å². The third-order valence-corrected chi connectivity index (χ3v) is 3.39. The fraction of sp³-hybridized carbons (Fsp3) is 0.786. The summed E-state index contributed by atoms with van der Waals surface area (Å²) in [5.41, 5.74) is 1.28. The predicted octanol–water partition coefficient (Wildman–Crippen LogP) is 1.50. The predicted molar refractivity (Wildman–Crippen MR) is 74.1 cm³/mol. The highest BCUT2D eigenvalue weighted by Crippen LogP contribution is 2.19. The van der Waals surface area contributed by atoms with E-state index in [1.807, 2.05) is 6.20 Å². The SMILES string of the molecule is COCCOCCCn1c(CNC2CC2)cnc1C. The molecule has 0 radical (unpaired) electrons. The zero-order chi connectivity index (χ0) is 13.5. The molecule has 0 aliphatic heterocycles. The third-order valence-electron chi connectivity index (χ3n) is 3.39. The molecular weight excluding hydrogens is 242 g/mol. The number of aryl methyl sites for hydroxylation is 1. The summed E-state index contributed by atoms with van der Waals surface area (Å²) in [5.74, 6) is 1.09. The van der Waals surface area contributed by atoms with E-state index < -0.39 is 0 Å². The Labute approximate surface area is 115 Å². The second-order valence-electron chi connectivity index (χ2n) is 5.06. The molecule has 5 heteroatoms. The minimum Gasteiger partial charge on any atom is -0.382 e. The van der Waals surface area contributed by atoms with Crippen molar-refractivity contribution in [1.29, 1.82) is 0 Å². The van der Waals surface area contributed by atoms with Crippen molar-refractivity contribution in [1.82, 2.24) is 14.9 Å². The zero-order valence-corrected chi connectivity index (χ0v) is 12.0. The van der Waals surface area contributed by atoms with Crippen LogP contribution in [0.5, 0.6) is 0 Å². The van der Waals surface area contributed by atoms with Gasteiger partial charge in [0.05, 0.1) is 18.9 Å². The van der Waals surface area contributed by atoms with Crippen LogP contribution in [0.4, 0.5) is 0 Å². The average Bonchev–Trinajstić information content (AvgIpc) is 3.17. The molecule has 0 spiro atoms. The fourth-order valence-corrected chi connectivity index (χ4v) is 2.07. The highest BCUT2D eigenvalue weighted by atomic mass is 16.5. The quantitative estimate of drug-likeness (QED) is 0.653. The largest absolute Gasteiger partial charge is 0.382 e. The molecule has 108 valence electrons. The second-order valence-corrected chi connectivity index (χ2v) is 5.06. The topological polar surface area (TPSA) is 48.3 Å². The molecule has 0 amide bonds. The van der Waals surface area contributed by atoms with Gasteiger partial charge in [0.25, 0.3) is 0 Å². The molecule has 0 bridgehead atoms. The van der Waals surface area contributed by atoms with E-state index >= 15 is 0 Å². The molecule has 0 unspecified atom stereocenters. The highest BCUT2D eigenvalue weighted by molar-refractivity contribution is 5.05. The van der Waals surface area contributed by atoms with Crippen LogP contribution in [-0.2, 0) is 22.6 Å². The summed E-state index contributed by atoms with van der Waals surface area (Å²) >= 11 is 0. The average molecular weight is 267 g/mol. The van der Waals surface area contributed by atoms with Crippen LogP contribution in [0.25, 0.3) is 0 Å². The van der Waals surface area contributed by atoms with E-state index in [4.69, 9.17) is 9.47 Å². The first kappa shape index (κ1) is 14.5. The van der Waals surface area contributed by atoms with Gasteiger partial charge in [-0.05, 0) is 26.2 Å². The van der Waals surface area contributed by atoms with E-state index in [1.165, 1.54) is 18.5 Å². The van der Waals surface area contributed by atoms with Gasteiger partial charge >= 0.3 is 0 Å². The maximum atomic E-state index is 5.49. The minimum atomic E-state index is 0.667. The molecule has 1 fully saturated rings. The number of aromatic nitrogens is 2. The molecule has 19 heavy (non-hydrogen) atoms. The molecule has 1 aromatic heterocycles. The Morgan fingerprint density at radius 1 is 1.37 bits per heavy atom. The lowest BCUT2D eigenvalue weighted by Crippen LogP contribution is -2.19. The fourth-order valence-electron chi connectivity index (χ4n) is 2.07. The number of methoxy groups -OCH3 is 1. The summed E-state index contributed by atoms with van der Waals surface area (Å²) in [4.78, 5) is 4.41. The Hall–Kier alpha value is -0.910. The van der Waals surface area contributed by atoms with Gasteiger partial charge in [-0.25, -0.2) is 4.98 Å². The molecule has 1 saturated carbocycles. The molecule has 1 aromatic rings. The van der Waals surface area contributed by atoms with Gasteiger partial charge < -0.3 is 19.4 Å². The summed E-state index contributed by atoms with van der Waals surface area (Å²) in [6, 6.07) is 0.737. The molecule has 5 nitrogen and oxygen atoms in total. The smallest absolute Gasteiger partial charge is 0.105 e. The summed E-state index contributed by atoms with van der Waals surface area (Å²) in [5, 5.41) is 3.54. The monoisotopic (exact) mass is 267 g/mol. The number of nitrogens with zero attached hydrogens (tertiary/aromatic N) is 2. The van der Waals surface area contributed by atoms with Crippen LogP contribution in [0.1, 0.15) is 30.8 Å². The van der Waals surface area contributed by atoms with Crippen LogP contribution in [0.2, 0.25) is 0 Å². The first-order valence-corrected chi connectivity index (χ1v) is 7.12. The van der Waals surface area contributed by atoms with Crippen LogP contribution in [0.15, 0.2) is 6.20 Å². The number of hydrogen-bond donors (Lipinski definition) is 1. The van der Waals surface area contributed by atoms with Crippen molar-refractivity contribution in [2.75, 3.05) is 26.9 Å². The van der Waals surface area contributed by atoms with E-state index in [1.54, 1.807) is 7.11 Å². The van der Waals surface area contributed by atoms with Crippen molar-refractivity contribution in [3.8, 4) is 0 Å². The first-order valence-electron chi connectivity index (χ1n) is 7.12. The molecule has 1 aliphatic carbocycles. The maximum absolute atomic E-state index is 5.49. The van der Waals surface area contributed by atoms with Crippen LogP contribution < -0.4 is 5.32 Å². The van der Waals surface area contributed by atoms with Gasteiger partial charge in [0.2, 0.25) is 0 Å². The summed E-state index contributed by atoms with van der Waals surface area (Å²) in [6.45, 7) is 6.08. The molecule has 1 N–H and O–H groups in total. The van der Waals surface area contributed by atoms with Gasteiger partial charge in [0.15, 0.2) is 0 Å². The molecule has 1 heterocycles. The Bertz CT molecular complexity index is 375. The highest BCUT2D eigenvalue weighted by Gasteiger charge is 2.20. The standard InChI is InChI=1S/C14H25N3O2/c1-12-15-10-14(11-16-13-4-5-13)17(12)6-3-7-19-9-8-18-2/h10,13,16H,3-9,11H2,1-2H3. The van der Waals surface area contributed by atoms with Crippen molar-refractivity contribution in [2.24, 2.45) is 0 Å². The van der Waals surface area contributed by atoms with Crippen molar-refractivity contribution >= 4 is 0 Å². The van der Waals surface area contributed by atoms with Gasteiger partial charge in [0.1, 0.15) is 5.82 Å². The lowest BCUT2D eigenvalue weighted by Gasteiger charge is -2.11. The Balaban J connectivity index is 1.69. The molecule has 0 aromatic carbocycles. The molecule has 2 rings (SSSR count). The van der Waals surface area contributed by atoms with E-state index in [0.29, 0.717) is 13.2 Å². The van der Waals surface area contributed by atoms with Crippen LogP contribution >= 0.6 is 0 Å². The summed E-state index contributed by atoms with van der Waals surface area (Å²) in [7, 11) is 1.69. The van der Waals surface area contributed by atoms with Crippen molar-refractivity contribution < 1.29 is 9.47 Å². The van der Waals surface area contributed by atoms with E-state index in [9.17, 15) is 0 Å². The van der Waals surface area contributed by atoms with Crippen molar-refractivity contribution in [3.05, 3.63) is 17.7 Å². The lowest BCUT2D eigenvalue weighted by atomic mass is 10.4. The van der Waals surface area contributed by atoms with Gasteiger partial charge in [-0.1, -0.05) is 0 Å². The molecule has 0 atom stereocenters. The zero-order valence-electron chi connectivity index (χ0n) is 12.0. The van der Waals surface area contributed by atoms with Gasteiger partial charge in [-0.3, -0.25) is 0 Å². The van der Waals surface area contributed by atoms with E-state index in [2.05, 4.69) is 21.8 Å². The molecule has 0 saturated heterocycles. The molecular formula is C14H25N3O2. The minimum absolute atomic E-state index is 0.667. The maximum Gasteiger partial charge on any atom is 0.105 e. The van der Waals surface area contributed by atoms with Crippen molar-refractivity contribution in [3.63, 3.8) is 0 Å². The Morgan fingerprint density at radius 3 is 2.95 bits per heavy atom. The van der Waals surface area contributed by atoms with E-state index in [0.717, 1.165) is 38.0 Å².